The van der Waals surface area contributed by atoms with Gasteiger partial charge in [0.05, 0.1) is 0 Å². The van der Waals surface area contributed by atoms with Crippen LogP contribution in [0.25, 0.3) is 0 Å². The van der Waals surface area contributed by atoms with E-state index in [1.54, 1.807) is 18.2 Å². The van der Waals surface area contributed by atoms with Crippen LogP contribution in [-0.4, -0.2) is 15.9 Å². The molecule has 76 valence electrons. The van der Waals surface area contributed by atoms with Gasteiger partial charge in [0.2, 0.25) is 0 Å². The summed E-state index contributed by atoms with van der Waals surface area (Å²) in [7, 11) is 0. The number of alkyl halides is 1. The molecule has 0 aliphatic heterocycles. The SMILES string of the molecule is O=C(O)C(Br)Cc1cc(Cl)ccc1Cl. The predicted octanol–water partition coefficient (Wildman–Crippen LogP) is 3.38. The van der Waals surface area contributed by atoms with Crippen LogP contribution in [0.4, 0.5) is 0 Å². The summed E-state index contributed by atoms with van der Waals surface area (Å²) in [6.07, 6.45) is 0.314. The van der Waals surface area contributed by atoms with Gasteiger partial charge in [-0.25, -0.2) is 0 Å². The summed E-state index contributed by atoms with van der Waals surface area (Å²) in [4.78, 5) is 9.94. The summed E-state index contributed by atoms with van der Waals surface area (Å²) >= 11 is 14.7. The van der Waals surface area contributed by atoms with Crippen LogP contribution in [0.5, 0.6) is 0 Å². The Kier molecular flexibility index (Phi) is 4.23. The van der Waals surface area contributed by atoms with E-state index in [9.17, 15) is 4.79 Å². The summed E-state index contributed by atoms with van der Waals surface area (Å²) in [6.45, 7) is 0. The molecule has 1 atom stereocenters. The minimum atomic E-state index is -0.916. The van der Waals surface area contributed by atoms with Gasteiger partial charge in [-0.05, 0) is 30.2 Å². The Morgan fingerprint density at radius 3 is 2.71 bits per heavy atom. The topological polar surface area (TPSA) is 37.3 Å². The fourth-order valence-corrected chi connectivity index (χ4v) is 1.72. The molecule has 2 nitrogen and oxygen atoms in total. The maximum atomic E-state index is 10.6. The molecule has 1 aromatic carbocycles. The largest absolute Gasteiger partial charge is 0.480 e. The first kappa shape index (κ1) is 11.8. The van der Waals surface area contributed by atoms with Gasteiger partial charge in [0.25, 0.3) is 0 Å². The van der Waals surface area contributed by atoms with Gasteiger partial charge in [-0.3, -0.25) is 4.79 Å². The fraction of sp³-hybridized carbons (Fsp3) is 0.222. The van der Waals surface area contributed by atoms with Crippen LogP contribution in [-0.2, 0) is 11.2 Å². The van der Waals surface area contributed by atoms with Gasteiger partial charge in [0.1, 0.15) is 4.83 Å². The maximum absolute atomic E-state index is 10.6. The van der Waals surface area contributed by atoms with Crippen LogP contribution < -0.4 is 0 Å². The molecule has 0 aliphatic carbocycles. The van der Waals surface area contributed by atoms with E-state index in [-0.39, 0.29) is 0 Å². The third-order valence-corrected chi connectivity index (χ3v) is 2.99. The van der Waals surface area contributed by atoms with Crippen LogP contribution in [0.1, 0.15) is 5.56 Å². The number of carboxylic acids is 1. The molecular weight excluding hydrogens is 291 g/mol. The van der Waals surface area contributed by atoms with Gasteiger partial charge < -0.3 is 5.11 Å². The Morgan fingerprint density at radius 2 is 2.14 bits per heavy atom. The zero-order valence-electron chi connectivity index (χ0n) is 7.01. The molecule has 0 fully saturated rings. The lowest BCUT2D eigenvalue weighted by atomic mass is 10.1. The van der Waals surface area contributed by atoms with Crippen molar-refractivity contribution in [3.8, 4) is 0 Å². The van der Waals surface area contributed by atoms with Crippen LogP contribution in [0.3, 0.4) is 0 Å². The van der Waals surface area contributed by atoms with Gasteiger partial charge in [-0.15, -0.1) is 0 Å². The third kappa shape index (κ3) is 3.15. The van der Waals surface area contributed by atoms with Crippen molar-refractivity contribution in [2.45, 2.75) is 11.2 Å². The van der Waals surface area contributed by atoms with E-state index in [0.29, 0.717) is 16.5 Å². The summed E-state index contributed by atoms with van der Waals surface area (Å²) < 4.78 is 0. The van der Waals surface area contributed by atoms with Crippen LogP contribution >= 0.6 is 39.1 Å². The number of benzene rings is 1. The van der Waals surface area contributed by atoms with Crippen molar-refractivity contribution in [3.63, 3.8) is 0 Å². The second kappa shape index (κ2) is 5.01. The van der Waals surface area contributed by atoms with Crippen molar-refractivity contribution in [1.82, 2.24) is 0 Å². The lowest BCUT2D eigenvalue weighted by Gasteiger charge is -2.06. The second-order valence-corrected chi connectivity index (χ2v) is 4.69. The zero-order valence-corrected chi connectivity index (χ0v) is 10.1. The monoisotopic (exact) mass is 296 g/mol. The lowest BCUT2D eigenvalue weighted by Crippen LogP contribution is -2.15. The lowest BCUT2D eigenvalue weighted by molar-refractivity contribution is -0.136. The Balaban J connectivity index is 2.85. The van der Waals surface area contributed by atoms with Gasteiger partial charge >= 0.3 is 5.97 Å². The number of rotatable bonds is 3. The van der Waals surface area contributed by atoms with Gasteiger partial charge in [0, 0.05) is 10.0 Å². The first-order chi connectivity index (χ1) is 6.50. The average Bonchev–Trinajstić information content (AvgIpc) is 2.11. The van der Waals surface area contributed by atoms with Crippen LogP contribution in [0.2, 0.25) is 10.0 Å². The van der Waals surface area contributed by atoms with E-state index in [2.05, 4.69) is 15.9 Å². The summed E-state index contributed by atoms with van der Waals surface area (Å²) in [6, 6.07) is 4.99. The zero-order chi connectivity index (χ0) is 10.7. The number of hydrogen-bond acceptors (Lipinski definition) is 1. The Hall–Kier alpha value is -0.250. The summed E-state index contributed by atoms with van der Waals surface area (Å²) in [5.41, 5.74) is 0.725. The standard InChI is InChI=1S/C9H7BrCl2O2/c10-7(9(13)14)4-5-3-6(11)1-2-8(5)12/h1-3,7H,4H2,(H,13,14). The molecule has 0 heterocycles. The Bertz CT molecular complexity index is 355. The Morgan fingerprint density at radius 1 is 1.50 bits per heavy atom. The summed E-state index contributed by atoms with van der Waals surface area (Å²) in [5, 5.41) is 9.76. The average molecular weight is 298 g/mol. The number of halogens is 3. The van der Waals surface area contributed by atoms with Crippen LogP contribution in [0, 0.1) is 0 Å². The first-order valence-electron chi connectivity index (χ1n) is 3.81. The molecule has 0 spiro atoms. The van der Waals surface area contributed by atoms with Gasteiger partial charge in [-0.2, -0.15) is 0 Å². The van der Waals surface area contributed by atoms with E-state index in [1.165, 1.54) is 0 Å². The molecule has 0 radical (unpaired) electrons. The van der Waals surface area contributed by atoms with E-state index in [0.717, 1.165) is 5.56 Å². The molecule has 0 amide bonds. The molecule has 1 unspecified atom stereocenters. The number of aliphatic carboxylic acids is 1. The maximum Gasteiger partial charge on any atom is 0.317 e. The highest BCUT2D eigenvalue weighted by molar-refractivity contribution is 9.10. The normalized spacial score (nSPS) is 12.5. The van der Waals surface area contributed by atoms with Gasteiger partial charge in [-0.1, -0.05) is 39.1 Å². The molecule has 14 heavy (non-hydrogen) atoms. The van der Waals surface area contributed by atoms with Crippen molar-refractivity contribution in [2.24, 2.45) is 0 Å². The van der Waals surface area contributed by atoms with Crippen molar-refractivity contribution < 1.29 is 9.90 Å². The molecule has 1 rings (SSSR count). The smallest absolute Gasteiger partial charge is 0.317 e. The molecule has 5 heteroatoms. The highest BCUT2D eigenvalue weighted by Gasteiger charge is 2.15. The number of carbonyl (C=O) groups is 1. The predicted molar refractivity (Wildman–Crippen MR) is 60.5 cm³/mol. The van der Waals surface area contributed by atoms with Crippen molar-refractivity contribution in [2.75, 3.05) is 0 Å². The highest BCUT2D eigenvalue weighted by Crippen LogP contribution is 2.23. The van der Waals surface area contributed by atoms with E-state index in [1.807, 2.05) is 0 Å². The molecular formula is C9H7BrCl2O2. The molecule has 1 aromatic rings. The highest BCUT2D eigenvalue weighted by atomic mass is 79.9. The van der Waals surface area contributed by atoms with Crippen LogP contribution in [0.15, 0.2) is 18.2 Å². The third-order valence-electron chi connectivity index (χ3n) is 1.67. The first-order valence-corrected chi connectivity index (χ1v) is 5.48. The van der Waals surface area contributed by atoms with E-state index >= 15 is 0 Å². The minimum Gasteiger partial charge on any atom is -0.480 e. The second-order valence-electron chi connectivity index (χ2n) is 2.75. The quantitative estimate of drug-likeness (QED) is 0.869. The molecule has 0 aliphatic rings. The van der Waals surface area contributed by atoms with Crippen molar-refractivity contribution >= 4 is 45.1 Å². The molecule has 0 bridgehead atoms. The van der Waals surface area contributed by atoms with Gasteiger partial charge in [0.15, 0.2) is 0 Å². The molecule has 0 aromatic heterocycles. The Labute approximate surface area is 100.0 Å². The fourth-order valence-electron chi connectivity index (χ4n) is 0.980. The number of carboxylic acid groups (broad SMARTS) is 1. The van der Waals surface area contributed by atoms with Crippen molar-refractivity contribution in [3.05, 3.63) is 33.8 Å². The molecule has 0 saturated heterocycles. The molecule has 1 N–H and O–H groups in total. The van der Waals surface area contributed by atoms with Crippen molar-refractivity contribution in [1.29, 1.82) is 0 Å². The summed E-state index contributed by atoms with van der Waals surface area (Å²) in [5.74, 6) is -0.916. The minimum absolute atomic E-state index is 0.314. The molecule has 0 saturated carbocycles. The van der Waals surface area contributed by atoms with E-state index < -0.39 is 10.8 Å². The number of hydrogen-bond donors (Lipinski definition) is 1. The van der Waals surface area contributed by atoms with E-state index in [4.69, 9.17) is 28.3 Å².